The lowest BCUT2D eigenvalue weighted by Crippen LogP contribution is -2.40. The molecule has 0 radical (unpaired) electrons. The number of amides is 2. The molecule has 0 aromatic heterocycles. The fourth-order valence-corrected chi connectivity index (χ4v) is 5.15. The molecule has 0 saturated carbocycles. The molecule has 0 aliphatic carbocycles. The fraction of sp³-hybridized carbons (Fsp3) is 0.375. The Hall–Kier alpha value is -3.00. The van der Waals surface area contributed by atoms with Crippen LogP contribution in [0.1, 0.15) is 23.6 Å². The van der Waals surface area contributed by atoms with Gasteiger partial charge in [-0.1, -0.05) is 43.9 Å². The minimum absolute atomic E-state index is 0.0261. The summed E-state index contributed by atoms with van der Waals surface area (Å²) in [4.78, 5) is 37.4. The molecule has 2 aromatic rings. The summed E-state index contributed by atoms with van der Waals surface area (Å²) in [5.41, 5.74) is 1.15. The number of hydrogen-bond acceptors (Lipinski definition) is 4. The van der Waals surface area contributed by atoms with E-state index in [1.165, 1.54) is 6.07 Å². The minimum atomic E-state index is -1.83. The van der Waals surface area contributed by atoms with E-state index in [0.717, 1.165) is 0 Å². The number of Topliss-reactive ketones (excluding diaryl/α,β-unsaturated/α-hetero) is 1. The van der Waals surface area contributed by atoms with Crippen LogP contribution in [0, 0.1) is 11.7 Å². The Morgan fingerprint density at radius 2 is 1.88 bits per heavy atom. The molecule has 170 valence electrons. The lowest BCUT2D eigenvalue weighted by atomic mass is 9.96. The van der Waals surface area contributed by atoms with Gasteiger partial charge in [-0.05, 0) is 34.5 Å². The predicted octanol–water partition coefficient (Wildman–Crippen LogP) is 2.48. The molecule has 0 unspecified atom stereocenters. The highest BCUT2D eigenvalue weighted by atomic mass is 28.3. The highest BCUT2D eigenvalue weighted by Crippen LogP contribution is 2.22. The van der Waals surface area contributed by atoms with E-state index < -0.39 is 20.0 Å². The standard InChI is InChI=1S/C24H29FN2O4Si/c1-31-18-8-6-16(7-9-18)23(27-24(30)17-13-22(29)26-14-17)20(28)12-15-5-10-21(19(25)11-15)32(2,3)4/h5-11,17,23H,12-14H2,1-4H3,(H,26,29)(H,27,30)/t17-,23-/m1/s1. The molecule has 2 atom stereocenters. The zero-order chi connectivity index (χ0) is 23.5. The van der Waals surface area contributed by atoms with Gasteiger partial charge in [-0.15, -0.1) is 0 Å². The molecule has 1 heterocycles. The molecule has 2 N–H and O–H groups in total. The van der Waals surface area contributed by atoms with Gasteiger partial charge < -0.3 is 15.4 Å². The normalized spacial score (nSPS) is 16.9. The van der Waals surface area contributed by atoms with Crippen molar-refractivity contribution in [3.8, 4) is 5.75 Å². The third-order valence-electron chi connectivity index (χ3n) is 5.63. The van der Waals surface area contributed by atoms with Gasteiger partial charge in [-0.2, -0.15) is 0 Å². The number of benzene rings is 2. The monoisotopic (exact) mass is 456 g/mol. The number of halogens is 1. The quantitative estimate of drug-likeness (QED) is 0.598. The maximum absolute atomic E-state index is 14.7. The third-order valence-corrected chi connectivity index (χ3v) is 7.65. The van der Waals surface area contributed by atoms with Crippen LogP contribution in [0.5, 0.6) is 5.75 Å². The third kappa shape index (κ3) is 5.62. The van der Waals surface area contributed by atoms with Gasteiger partial charge in [-0.25, -0.2) is 4.39 Å². The second-order valence-electron chi connectivity index (χ2n) is 9.13. The van der Waals surface area contributed by atoms with Crippen molar-refractivity contribution in [1.82, 2.24) is 10.6 Å². The molecule has 0 spiro atoms. The first-order valence-electron chi connectivity index (χ1n) is 10.6. The van der Waals surface area contributed by atoms with Gasteiger partial charge in [-0.3, -0.25) is 14.4 Å². The maximum Gasteiger partial charge on any atom is 0.226 e. The van der Waals surface area contributed by atoms with Crippen LogP contribution in [-0.4, -0.2) is 39.3 Å². The summed E-state index contributed by atoms with van der Waals surface area (Å²) in [6.45, 7) is 6.44. The fourth-order valence-electron chi connectivity index (χ4n) is 3.78. The summed E-state index contributed by atoms with van der Waals surface area (Å²) in [5.74, 6) is -1.00. The number of rotatable bonds is 8. The van der Waals surface area contributed by atoms with Gasteiger partial charge in [0.2, 0.25) is 11.8 Å². The van der Waals surface area contributed by atoms with Gasteiger partial charge in [0.1, 0.15) is 17.6 Å². The molecule has 2 amide bonds. The van der Waals surface area contributed by atoms with Crippen molar-refractivity contribution >= 4 is 30.9 Å². The van der Waals surface area contributed by atoms with Crippen molar-refractivity contribution in [1.29, 1.82) is 0 Å². The van der Waals surface area contributed by atoms with Crippen LogP contribution < -0.4 is 20.6 Å². The summed E-state index contributed by atoms with van der Waals surface area (Å²) >= 11 is 0. The van der Waals surface area contributed by atoms with E-state index in [-0.39, 0.29) is 42.8 Å². The molecule has 3 rings (SSSR count). The first-order valence-corrected chi connectivity index (χ1v) is 14.1. The van der Waals surface area contributed by atoms with Crippen molar-refractivity contribution in [2.24, 2.45) is 5.92 Å². The van der Waals surface area contributed by atoms with Crippen molar-refractivity contribution in [2.45, 2.75) is 38.5 Å². The zero-order valence-electron chi connectivity index (χ0n) is 18.8. The van der Waals surface area contributed by atoms with Gasteiger partial charge in [0.15, 0.2) is 5.78 Å². The SMILES string of the molecule is COc1ccc([C@@H](NC(=O)[C@H]2CNC(=O)C2)C(=O)Cc2ccc([Si](C)(C)C)c(F)c2)cc1. The number of carbonyl (C=O) groups is 3. The average molecular weight is 457 g/mol. The van der Waals surface area contributed by atoms with Crippen LogP contribution in [0.15, 0.2) is 42.5 Å². The van der Waals surface area contributed by atoms with E-state index in [1.54, 1.807) is 43.5 Å². The van der Waals surface area contributed by atoms with Gasteiger partial charge in [0, 0.05) is 19.4 Å². The molecule has 32 heavy (non-hydrogen) atoms. The van der Waals surface area contributed by atoms with E-state index >= 15 is 0 Å². The Morgan fingerprint density at radius 3 is 2.41 bits per heavy atom. The molecule has 0 bridgehead atoms. The summed E-state index contributed by atoms with van der Waals surface area (Å²) in [6, 6.07) is 10.9. The van der Waals surface area contributed by atoms with E-state index in [2.05, 4.69) is 30.3 Å². The van der Waals surface area contributed by atoms with Crippen molar-refractivity contribution in [3.63, 3.8) is 0 Å². The zero-order valence-corrected chi connectivity index (χ0v) is 19.8. The topological polar surface area (TPSA) is 84.5 Å². The van der Waals surface area contributed by atoms with Gasteiger partial charge in [0.05, 0.1) is 21.1 Å². The van der Waals surface area contributed by atoms with Crippen molar-refractivity contribution in [2.75, 3.05) is 13.7 Å². The lowest BCUT2D eigenvalue weighted by molar-refractivity contribution is -0.130. The first-order chi connectivity index (χ1) is 15.1. The number of carbonyl (C=O) groups excluding carboxylic acids is 3. The van der Waals surface area contributed by atoms with E-state index in [4.69, 9.17) is 4.74 Å². The highest BCUT2D eigenvalue weighted by Gasteiger charge is 2.32. The van der Waals surface area contributed by atoms with Gasteiger partial charge in [0.25, 0.3) is 0 Å². The Kier molecular flexibility index (Phi) is 7.13. The predicted molar refractivity (Wildman–Crippen MR) is 123 cm³/mol. The minimum Gasteiger partial charge on any atom is -0.497 e. The van der Waals surface area contributed by atoms with E-state index in [1.807, 2.05) is 0 Å². The second-order valence-corrected chi connectivity index (χ2v) is 14.2. The molecule has 1 aliphatic heterocycles. The second kappa shape index (κ2) is 9.64. The number of nitrogens with one attached hydrogen (secondary N) is 2. The summed E-state index contributed by atoms with van der Waals surface area (Å²) < 4.78 is 19.8. The molecule has 1 fully saturated rings. The largest absolute Gasteiger partial charge is 0.497 e. The molecule has 6 nitrogen and oxygen atoms in total. The molecule has 2 aromatic carbocycles. The molecular weight excluding hydrogens is 427 g/mol. The Morgan fingerprint density at radius 1 is 1.19 bits per heavy atom. The van der Waals surface area contributed by atoms with Crippen LogP contribution >= 0.6 is 0 Å². The van der Waals surface area contributed by atoms with Crippen LogP contribution in [0.4, 0.5) is 4.39 Å². The number of ketones is 1. The summed E-state index contributed by atoms with van der Waals surface area (Å²) in [7, 11) is -0.285. The molecule has 1 saturated heterocycles. The smallest absolute Gasteiger partial charge is 0.226 e. The Balaban J connectivity index is 1.83. The average Bonchev–Trinajstić information content (AvgIpc) is 3.17. The summed E-state index contributed by atoms with van der Waals surface area (Å²) in [6.07, 6.45) is 0.0699. The Bertz CT molecular complexity index is 1020. The van der Waals surface area contributed by atoms with Crippen LogP contribution in [0.3, 0.4) is 0 Å². The number of hydrogen-bond donors (Lipinski definition) is 2. The Labute approximate surface area is 188 Å². The van der Waals surface area contributed by atoms with E-state index in [9.17, 15) is 18.8 Å². The maximum atomic E-state index is 14.7. The van der Waals surface area contributed by atoms with E-state index in [0.29, 0.717) is 22.1 Å². The summed E-state index contributed by atoms with van der Waals surface area (Å²) in [5, 5.41) is 6.14. The van der Waals surface area contributed by atoms with Crippen LogP contribution in [0.25, 0.3) is 0 Å². The van der Waals surface area contributed by atoms with Crippen molar-refractivity contribution < 1.29 is 23.5 Å². The van der Waals surface area contributed by atoms with Crippen molar-refractivity contribution in [3.05, 3.63) is 59.4 Å². The highest BCUT2D eigenvalue weighted by molar-refractivity contribution is 6.88. The molecular formula is C24H29FN2O4Si. The van der Waals surface area contributed by atoms with Gasteiger partial charge >= 0.3 is 0 Å². The number of methoxy groups -OCH3 is 1. The lowest BCUT2D eigenvalue weighted by Gasteiger charge is -2.21. The first kappa shape index (κ1) is 23.7. The van der Waals surface area contributed by atoms with Crippen LogP contribution in [-0.2, 0) is 20.8 Å². The number of ether oxygens (including phenoxy) is 1. The molecule has 8 heteroatoms. The molecule has 1 aliphatic rings. The van der Waals surface area contributed by atoms with Crippen LogP contribution in [0.2, 0.25) is 19.6 Å².